The molecule has 104 valence electrons. The zero-order chi connectivity index (χ0) is 15.2. The van der Waals surface area contributed by atoms with Crippen molar-refractivity contribution in [1.29, 1.82) is 0 Å². The smallest absolute Gasteiger partial charge is 0.141 e. The molecular formula is C21H14O. The second-order valence-electron chi connectivity index (χ2n) is 4.86. The fourth-order valence-electron chi connectivity index (χ4n) is 2.26. The van der Waals surface area contributed by atoms with Crippen molar-refractivity contribution in [2.75, 3.05) is 0 Å². The molecule has 3 aromatic carbocycles. The van der Waals surface area contributed by atoms with Gasteiger partial charge < -0.3 is 5.11 Å². The third-order valence-corrected chi connectivity index (χ3v) is 3.37. The van der Waals surface area contributed by atoms with Gasteiger partial charge in [-0.25, -0.2) is 0 Å². The van der Waals surface area contributed by atoms with Crippen LogP contribution in [0.4, 0.5) is 0 Å². The van der Waals surface area contributed by atoms with Gasteiger partial charge in [0.25, 0.3) is 0 Å². The summed E-state index contributed by atoms with van der Waals surface area (Å²) in [5, 5.41) is 12.2. The van der Waals surface area contributed by atoms with E-state index in [0.717, 1.165) is 21.9 Å². The number of rotatable bonds is 1. The third kappa shape index (κ3) is 3.18. The number of benzene rings is 3. The summed E-state index contributed by atoms with van der Waals surface area (Å²) in [5.74, 6) is 11.4. The quantitative estimate of drug-likeness (QED) is 0.671. The van der Waals surface area contributed by atoms with Crippen LogP contribution in [0, 0.1) is 23.7 Å². The van der Waals surface area contributed by atoms with Gasteiger partial charge in [0.2, 0.25) is 0 Å². The highest BCUT2D eigenvalue weighted by Gasteiger charge is 2.00. The molecule has 0 aromatic heterocycles. The third-order valence-electron chi connectivity index (χ3n) is 3.37. The lowest BCUT2D eigenvalue weighted by atomic mass is 10.1. The molecule has 1 atom stereocenters. The van der Waals surface area contributed by atoms with Crippen molar-refractivity contribution in [3.63, 3.8) is 0 Å². The predicted molar refractivity (Wildman–Crippen MR) is 90.0 cm³/mol. The molecule has 1 heteroatoms. The first-order chi connectivity index (χ1) is 10.8. The molecule has 0 bridgehead atoms. The van der Waals surface area contributed by atoms with Gasteiger partial charge in [0, 0.05) is 5.56 Å². The first kappa shape index (κ1) is 14.0. The van der Waals surface area contributed by atoms with Crippen LogP contribution in [0.15, 0.2) is 72.8 Å². The van der Waals surface area contributed by atoms with Gasteiger partial charge in [0.15, 0.2) is 0 Å². The molecule has 0 aliphatic heterocycles. The van der Waals surface area contributed by atoms with E-state index in [2.05, 4.69) is 35.8 Å². The summed E-state index contributed by atoms with van der Waals surface area (Å²) in [6.45, 7) is 0. The van der Waals surface area contributed by atoms with Gasteiger partial charge in [-0.2, -0.15) is 0 Å². The summed E-state index contributed by atoms with van der Waals surface area (Å²) >= 11 is 0. The fraction of sp³-hybridized carbons (Fsp3) is 0.0476. The summed E-state index contributed by atoms with van der Waals surface area (Å²) in [6, 6.07) is 23.5. The molecule has 3 rings (SSSR count). The minimum absolute atomic E-state index is 0.780. The summed E-state index contributed by atoms with van der Waals surface area (Å²) < 4.78 is 0. The van der Waals surface area contributed by atoms with Crippen LogP contribution in [0.1, 0.15) is 17.2 Å². The lowest BCUT2D eigenvalue weighted by molar-refractivity contribution is 0.238. The van der Waals surface area contributed by atoms with Gasteiger partial charge >= 0.3 is 0 Å². The van der Waals surface area contributed by atoms with E-state index in [4.69, 9.17) is 0 Å². The Balaban J connectivity index is 1.83. The van der Waals surface area contributed by atoms with E-state index in [1.165, 1.54) is 0 Å². The van der Waals surface area contributed by atoms with Crippen molar-refractivity contribution in [3.05, 3.63) is 83.9 Å². The molecule has 1 nitrogen and oxygen atoms in total. The zero-order valence-corrected chi connectivity index (χ0v) is 12.0. The first-order valence-corrected chi connectivity index (χ1v) is 7.07. The second kappa shape index (κ2) is 6.64. The van der Waals surface area contributed by atoms with Crippen LogP contribution in [-0.2, 0) is 0 Å². The highest BCUT2D eigenvalue weighted by atomic mass is 16.3. The predicted octanol–water partition coefficient (Wildman–Crippen LogP) is 3.93. The number of fused-ring (bicyclic) bond motifs is 1. The van der Waals surface area contributed by atoms with E-state index < -0.39 is 6.10 Å². The maximum atomic E-state index is 9.95. The standard InChI is InChI=1S/C21H14O/c22-21(19-11-2-1-3-12-19)16-7-5-10-18-14-8-13-17-9-4-6-15-20(17)18/h1-4,6,8-9,11-15,21-22H. The Morgan fingerprint density at radius 3 is 2.32 bits per heavy atom. The maximum absolute atomic E-state index is 9.95. The van der Waals surface area contributed by atoms with E-state index >= 15 is 0 Å². The topological polar surface area (TPSA) is 20.2 Å². The van der Waals surface area contributed by atoms with Gasteiger partial charge in [-0.3, -0.25) is 0 Å². The Morgan fingerprint density at radius 2 is 1.45 bits per heavy atom. The highest BCUT2D eigenvalue weighted by Crippen LogP contribution is 2.17. The van der Waals surface area contributed by atoms with Gasteiger partial charge in [0.1, 0.15) is 6.10 Å². The minimum Gasteiger partial charge on any atom is -0.376 e. The molecule has 0 saturated carbocycles. The zero-order valence-electron chi connectivity index (χ0n) is 12.0. The van der Waals surface area contributed by atoms with Crippen LogP contribution in [0.2, 0.25) is 0 Å². The normalized spacial score (nSPS) is 11.0. The van der Waals surface area contributed by atoms with Crippen LogP contribution < -0.4 is 0 Å². The molecule has 0 spiro atoms. The van der Waals surface area contributed by atoms with E-state index in [1.54, 1.807) is 0 Å². The van der Waals surface area contributed by atoms with E-state index in [9.17, 15) is 5.11 Å². The monoisotopic (exact) mass is 282 g/mol. The molecule has 0 aliphatic carbocycles. The van der Waals surface area contributed by atoms with Gasteiger partial charge in [-0.15, -0.1) is 0 Å². The lowest BCUT2D eigenvalue weighted by Crippen LogP contribution is -1.91. The Kier molecular flexibility index (Phi) is 4.21. The largest absolute Gasteiger partial charge is 0.376 e. The molecule has 0 fully saturated rings. The van der Waals surface area contributed by atoms with Gasteiger partial charge in [-0.1, -0.05) is 78.6 Å². The Morgan fingerprint density at radius 1 is 0.727 bits per heavy atom. The summed E-state index contributed by atoms with van der Waals surface area (Å²) in [6.07, 6.45) is -0.803. The van der Waals surface area contributed by atoms with Gasteiger partial charge in [-0.05, 0) is 34.2 Å². The van der Waals surface area contributed by atoms with Crippen molar-refractivity contribution < 1.29 is 5.11 Å². The number of aliphatic hydroxyl groups is 1. The van der Waals surface area contributed by atoms with Crippen molar-refractivity contribution in [2.45, 2.75) is 6.10 Å². The summed E-state index contributed by atoms with van der Waals surface area (Å²) in [7, 11) is 0. The average Bonchev–Trinajstić information content (AvgIpc) is 2.59. The molecule has 0 heterocycles. The number of hydrogen-bond acceptors (Lipinski definition) is 1. The SMILES string of the molecule is OC(C#CC#Cc1cccc2ccccc12)c1ccccc1. The maximum Gasteiger partial charge on any atom is 0.141 e. The van der Waals surface area contributed by atoms with Crippen molar-refractivity contribution in [2.24, 2.45) is 0 Å². The Labute approximate surface area is 130 Å². The Hall–Kier alpha value is -3.00. The van der Waals surface area contributed by atoms with Crippen LogP contribution in [0.3, 0.4) is 0 Å². The highest BCUT2D eigenvalue weighted by molar-refractivity contribution is 5.88. The molecule has 0 radical (unpaired) electrons. The van der Waals surface area contributed by atoms with Gasteiger partial charge in [0.05, 0.1) is 0 Å². The van der Waals surface area contributed by atoms with Crippen LogP contribution in [-0.4, -0.2) is 5.11 Å². The average molecular weight is 282 g/mol. The summed E-state index contributed by atoms with van der Waals surface area (Å²) in [4.78, 5) is 0. The minimum atomic E-state index is -0.803. The van der Waals surface area contributed by atoms with E-state index in [1.807, 2.05) is 60.7 Å². The van der Waals surface area contributed by atoms with Crippen molar-refractivity contribution in [3.8, 4) is 23.7 Å². The molecule has 0 saturated heterocycles. The van der Waals surface area contributed by atoms with Crippen LogP contribution in [0.25, 0.3) is 10.8 Å². The molecule has 1 N–H and O–H groups in total. The Bertz CT molecular complexity index is 897. The molecule has 0 aliphatic rings. The second-order valence-corrected chi connectivity index (χ2v) is 4.86. The molecule has 1 unspecified atom stereocenters. The summed E-state index contributed by atoms with van der Waals surface area (Å²) in [5.41, 5.74) is 1.73. The molecule has 0 amide bonds. The first-order valence-electron chi connectivity index (χ1n) is 7.07. The lowest BCUT2D eigenvalue weighted by Gasteiger charge is -2.00. The van der Waals surface area contributed by atoms with Crippen LogP contribution >= 0.6 is 0 Å². The molecule has 22 heavy (non-hydrogen) atoms. The fourth-order valence-corrected chi connectivity index (χ4v) is 2.26. The molecule has 3 aromatic rings. The van der Waals surface area contributed by atoms with E-state index in [0.29, 0.717) is 0 Å². The number of aliphatic hydroxyl groups excluding tert-OH is 1. The van der Waals surface area contributed by atoms with Crippen molar-refractivity contribution >= 4 is 10.8 Å². The van der Waals surface area contributed by atoms with E-state index in [-0.39, 0.29) is 0 Å². The van der Waals surface area contributed by atoms with Crippen molar-refractivity contribution in [1.82, 2.24) is 0 Å². The molecular weight excluding hydrogens is 268 g/mol. The van der Waals surface area contributed by atoms with Crippen LogP contribution in [0.5, 0.6) is 0 Å². The number of hydrogen-bond donors (Lipinski definition) is 1.